The zero-order chi connectivity index (χ0) is 22.4. The van der Waals surface area contributed by atoms with Crippen LogP contribution in [0.2, 0.25) is 10.0 Å². The number of amides is 1. The quantitative estimate of drug-likeness (QED) is 0.414. The van der Waals surface area contributed by atoms with Crippen LogP contribution in [-0.2, 0) is 0 Å². The first-order valence-corrected chi connectivity index (χ1v) is 10.0. The Balaban J connectivity index is 1.99. The molecular weight excluding hydrogens is 437 g/mol. The first-order valence-electron chi connectivity index (χ1n) is 9.29. The molecule has 160 valence electrons. The van der Waals surface area contributed by atoms with Crippen LogP contribution in [-0.4, -0.2) is 27.2 Å². The van der Waals surface area contributed by atoms with Gasteiger partial charge in [-0.15, -0.1) is 0 Å². The van der Waals surface area contributed by atoms with E-state index in [0.717, 1.165) is 11.3 Å². The van der Waals surface area contributed by atoms with E-state index in [4.69, 9.17) is 37.4 Å². The summed E-state index contributed by atoms with van der Waals surface area (Å²) in [6.07, 6.45) is 3.72. The number of methoxy groups -OCH3 is 3. The monoisotopic (exact) mass is 457 g/mol. The molecule has 0 aromatic heterocycles. The molecule has 3 rings (SSSR count). The van der Waals surface area contributed by atoms with E-state index in [2.05, 4.69) is 5.32 Å². The molecule has 0 saturated carbocycles. The minimum atomic E-state index is -0.354. The lowest BCUT2D eigenvalue weighted by molar-refractivity contribution is 0.102. The lowest BCUT2D eigenvalue weighted by Gasteiger charge is -2.14. The number of benzene rings is 3. The van der Waals surface area contributed by atoms with Crippen LogP contribution < -0.4 is 19.5 Å². The van der Waals surface area contributed by atoms with E-state index < -0.39 is 0 Å². The Labute approximate surface area is 191 Å². The van der Waals surface area contributed by atoms with Gasteiger partial charge < -0.3 is 19.5 Å². The minimum Gasteiger partial charge on any atom is -0.497 e. The lowest BCUT2D eigenvalue weighted by Crippen LogP contribution is -2.15. The van der Waals surface area contributed by atoms with E-state index in [9.17, 15) is 4.79 Å². The maximum absolute atomic E-state index is 13.1. The van der Waals surface area contributed by atoms with Crippen LogP contribution in [0.3, 0.4) is 0 Å². The molecule has 0 radical (unpaired) electrons. The highest BCUT2D eigenvalue weighted by Crippen LogP contribution is 2.32. The molecule has 0 fully saturated rings. The molecule has 0 aliphatic carbocycles. The third-order valence-electron chi connectivity index (χ3n) is 4.54. The van der Waals surface area contributed by atoms with Gasteiger partial charge in [-0.05, 0) is 47.5 Å². The van der Waals surface area contributed by atoms with Gasteiger partial charge in [-0.3, -0.25) is 4.79 Å². The summed E-state index contributed by atoms with van der Waals surface area (Å²) < 4.78 is 16.0. The molecule has 5 nitrogen and oxygen atoms in total. The van der Waals surface area contributed by atoms with E-state index in [1.54, 1.807) is 44.6 Å². The third-order valence-corrected chi connectivity index (χ3v) is 5.28. The Bertz CT molecular complexity index is 1110. The van der Waals surface area contributed by atoms with Gasteiger partial charge in [0.05, 0.1) is 36.9 Å². The average Bonchev–Trinajstić information content (AvgIpc) is 2.79. The van der Waals surface area contributed by atoms with Gasteiger partial charge in [-0.1, -0.05) is 47.5 Å². The molecular formula is C24H21Cl2NO4. The Morgan fingerprint density at radius 1 is 0.806 bits per heavy atom. The number of anilines is 1. The van der Waals surface area contributed by atoms with Crippen molar-refractivity contribution < 1.29 is 19.0 Å². The van der Waals surface area contributed by atoms with Crippen molar-refractivity contribution in [2.24, 2.45) is 0 Å². The average molecular weight is 458 g/mol. The first kappa shape index (κ1) is 22.5. The van der Waals surface area contributed by atoms with Gasteiger partial charge >= 0.3 is 0 Å². The fourth-order valence-corrected chi connectivity index (χ4v) is 3.23. The zero-order valence-corrected chi connectivity index (χ0v) is 18.8. The predicted octanol–water partition coefficient (Wildman–Crippen LogP) is 6.44. The van der Waals surface area contributed by atoms with Gasteiger partial charge in [0.15, 0.2) is 0 Å². The van der Waals surface area contributed by atoms with Gasteiger partial charge in [0.1, 0.15) is 17.2 Å². The highest BCUT2D eigenvalue weighted by Gasteiger charge is 2.19. The van der Waals surface area contributed by atoms with Crippen LogP contribution in [0.4, 0.5) is 5.69 Å². The maximum atomic E-state index is 13.1. The Hall–Kier alpha value is -3.15. The van der Waals surface area contributed by atoms with E-state index >= 15 is 0 Å². The van der Waals surface area contributed by atoms with Crippen LogP contribution in [0, 0.1) is 0 Å². The zero-order valence-electron chi connectivity index (χ0n) is 17.2. The summed E-state index contributed by atoms with van der Waals surface area (Å²) in [6, 6.07) is 15.9. The molecule has 1 N–H and O–H groups in total. The molecule has 0 heterocycles. The molecule has 31 heavy (non-hydrogen) atoms. The van der Waals surface area contributed by atoms with Crippen LogP contribution in [0.5, 0.6) is 17.2 Å². The fraction of sp³-hybridized carbons (Fsp3) is 0.125. The van der Waals surface area contributed by atoms with Crippen LogP contribution in [0.1, 0.15) is 21.5 Å². The van der Waals surface area contributed by atoms with E-state index in [1.807, 2.05) is 36.4 Å². The van der Waals surface area contributed by atoms with Crippen molar-refractivity contribution in [3.63, 3.8) is 0 Å². The summed E-state index contributed by atoms with van der Waals surface area (Å²) in [7, 11) is 4.68. The van der Waals surface area contributed by atoms with Gasteiger partial charge in [-0.25, -0.2) is 0 Å². The number of hydrogen-bond acceptors (Lipinski definition) is 4. The summed E-state index contributed by atoms with van der Waals surface area (Å²) >= 11 is 12.0. The standard InChI is InChI=1S/C24H21Cl2NO4/c1-29-18-9-5-15(6-10-18)4-7-16-12-19(30-2)14-22(31-3)23(16)24(28)27-17-8-11-20(25)21(26)13-17/h4-14H,1-3H3,(H,27,28)/b7-4+. The minimum absolute atomic E-state index is 0.348. The number of ether oxygens (including phenoxy) is 3. The molecule has 3 aromatic rings. The van der Waals surface area contributed by atoms with E-state index in [-0.39, 0.29) is 5.91 Å². The van der Waals surface area contributed by atoms with Crippen molar-refractivity contribution in [3.8, 4) is 17.2 Å². The number of rotatable bonds is 7. The van der Waals surface area contributed by atoms with E-state index in [1.165, 1.54) is 7.11 Å². The second-order valence-electron chi connectivity index (χ2n) is 6.48. The third kappa shape index (κ3) is 5.51. The van der Waals surface area contributed by atoms with Crippen molar-refractivity contribution in [2.45, 2.75) is 0 Å². The summed E-state index contributed by atoms with van der Waals surface area (Å²) in [6.45, 7) is 0. The number of halogens is 2. The SMILES string of the molecule is COc1ccc(/C=C/c2cc(OC)cc(OC)c2C(=O)Nc2ccc(Cl)c(Cl)c2)cc1. The molecule has 0 atom stereocenters. The molecule has 0 unspecified atom stereocenters. The summed E-state index contributed by atoms with van der Waals surface area (Å²) in [5.74, 6) is 1.36. The molecule has 0 bridgehead atoms. The van der Waals surface area contributed by atoms with Crippen LogP contribution >= 0.6 is 23.2 Å². The van der Waals surface area contributed by atoms with Crippen molar-refractivity contribution in [3.05, 3.63) is 81.3 Å². The topological polar surface area (TPSA) is 56.8 Å². The molecule has 3 aromatic carbocycles. The molecule has 0 saturated heterocycles. The summed E-state index contributed by atoms with van der Waals surface area (Å²) in [5.41, 5.74) is 2.45. The second-order valence-corrected chi connectivity index (χ2v) is 7.30. The van der Waals surface area contributed by atoms with E-state index in [0.29, 0.717) is 38.4 Å². The molecule has 0 aliphatic heterocycles. The van der Waals surface area contributed by atoms with Crippen molar-refractivity contribution in [1.82, 2.24) is 0 Å². The molecule has 0 spiro atoms. The Kier molecular flexibility index (Phi) is 7.45. The van der Waals surface area contributed by atoms with Crippen LogP contribution in [0.15, 0.2) is 54.6 Å². The number of carbonyl (C=O) groups is 1. The van der Waals surface area contributed by atoms with Gasteiger partial charge in [0.2, 0.25) is 0 Å². The molecule has 7 heteroatoms. The largest absolute Gasteiger partial charge is 0.497 e. The Morgan fingerprint density at radius 2 is 1.52 bits per heavy atom. The molecule has 0 aliphatic rings. The molecule has 1 amide bonds. The second kappa shape index (κ2) is 10.2. The highest BCUT2D eigenvalue weighted by molar-refractivity contribution is 6.42. The normalized spacial score (nSPS) is 10.7. The lowest BCUT2D eigenvalue weighted by atomic mass is 10.0. The maximum Gasteiger partial charge on any atom is 0.260 e. The van der Waals surface area contributed by atoms with Gasteiger partial charge in [0.25, 0.3) is 5.91 Å². The summed E-state index contributed by atoms with van der Waals surface area (Å²) in [4.78, 5) is 13.1. The summed E-state index contributed by atoms with van der Waals surface area (Å²) in [5, 5.41) is 3.59. The first-order chi connectivity index (χ1) is 14.9. The smallest absolute Gasteiger partial charge is 0.260 e. The fourth-order valence-electron chi connectivity index (χ4n) is 2.93. The van der Waals surface area contributed by atoms with Crippen molar-refractivity contribution in [1.29, 1.82) is 0 Å². The van der Waals surface area contributed by atoms with Gasteiger partial charge in [0, 0.05) is 11.8 Å². The number of carbonyl (C=O) groups excluding carboxylic acids is 1. The number of nitrogens with one attached hydrogen (secondary N) is 1. The van der Waals surface area contributed by atoms with Crippen LogP contribution in [0.25, 0.3) is 12.2 Å². The van der Waals surface area contributed by atoms with Crippen molar-refractivity contribution in [2.75, 3.05) is 26.6 Å². The Morgan fingerprint density at radius 3 is 2.13 bits per heavy atom. The predicted molar refractivity (Wildman–Crippen MR) is 126 cm³/mol. The van der Waals surface area contributed by atoms with Gasteiger partial charge in [-0.2, -0.15) is 0 Å². The number of hydrogen-bond donors (Lipinski definition) is 1. The highest BCUT2D eigenvalue weighted by atomic mass is 35.5. The van der Waals surface area contributed by atoms with Crippen molar-refractivity contribution >= 4 is 46.9 Å².